The van der Waals surface area contributed by atoms with E-state index in [2.05, 4.69) is 17.9 Å². The van der Waals surface area contributed by atoms with Crippen molar-refractivity contribution >= 4 is 17.6 Å². The summed E-state index contributed by atoms with van der Waals surface area (Å²) in [6, 6.07) is 10.3. The quantitative estimate of drug-likeness (QED) is 0.551. The Bertz CT molecular complexity index is 1240. The van der Waals surface area contributed by atoms with Crippen LogP contribution in [0.4, 0.5) is 5.82 Å². The van der Waals surface area contributed by atoms with Crippen molar-refractivity contribution in [3.8, 4) is 17.2 Å². The van der Waals surface area contributed by atoms with E-state index in [4.69, 9.17) is 9.72 Å². The highest BCUT2D eigenvalue weighted by atomic mass is 16.5. The van der Waals surface area contributed by atoms with Gasteiger partial charge in [-0.15, -0.1) is 0 Å². The highest BCUT2D eigenvalue weighted by molar-refractivity contribution is 5.95. The van der Waals surface area contributed by atoms with E-state index in [-0.39, 0.29) is 17.9 Å². The average molecular weight is 516 g/mol. The lowest BCUT2D eigenvalue weighted by molar-refractivity contribution is -0.134. The summed E-state index contributed by atoms with van der Waals surface area (Å²) in [5, 5.41) is 10.2. The molecule has 5 rings (SSSR count). The maximum Gasteiger partial charge on any atom is 0.253 e. The third kappa shape index (κ3) is 5.12. The van der Waals surface area contributed by atoms with Crippen molar-refractivity contribution < 1.29 is 14.3 Å². The number of carbonyl (C=O) groups excluding carboxylic acids is 2. The Hall–Kier alpha value is -3.44. The molecule has 2 aromatic rings. The number of nitriles is 1. The molecular formula is C30H37N5O3. The first-order chi connectivity index (χ1) is 18.4. The van der Waals surface area contributed by atoms with E-state index in [0.717, 1.165) is 67.0 Å². The second kappa shape index (κ2) is 11.1. The molecule has 1 aromatic carbocycles. The van der Waals surface area contributed by atoms with E-state index in [1.807, 2.05) is 41.0 Å². The van der Waals surface area contributed by atoms with Crippen LogP contribution in [-0.4, -0.2) is 79.1 Å². The molecular weight excluding hydrogens is 478 g/mol. The van der Waals surface area contributed by atoms with Crippen molar-refractivity contribution in [3.05, 3.63) is 46.6 Å². The Morgan fingerprint density at radius 2 is 1.82 bits per heavy atom. The molecule has 1 aliphatic carbocycles. The van der Waals surface area contributed by atoms with Gasteiger partial charge in [-0.05, 0) is 62.8 Å². The summed E-state index contributed by atoms with van der Waals surface area (Å²) < 4.78 is 5.08. The summed E-state index contributed by atoms with van der Waals surface area (Å²) in [6.07, 6.45) is 4.70. The third-order valence-electron chi connectivity index (χ3n) is 8.11. The van der Waals surface area contributed by atoms with Crippen molar-refractivity contribution in [1.29, 1.82) is 5.26 Å². The fraction of sp³-hybridized carbons (Fsp3) is 0.533. The van der Waals surface area contributed by atoms with Crippen molar-refractivity contribution in [2.75, 3.05) is 51.3 Å². The van der Waals surface area contributed by atoms with Crippen molar-refractivity contribution in [2.45, 2.75) is 57.9 Å². The van der Waals surface area contributed by atoms with E-state index >= 15 is 0 Å². The fourth-order valence-electron chi connectivity index (χ4n) is 5.83. The number of pyridine rings is 1. The second-order valence-electron chi connectivity index (χ2n) is 10.8. The van der Waals surface area contributed by atoms with Gasteiger partial charge in [-0.25, -0.2) is 4.98 Å². The Labute approximate surface area is 225 Å². The molecule has 2 amide bonds. The molecule has 2 saturated heterocycles. The van der Waals surface area contributed by atoms with E-state index in [1.54, 1.807) is 7.11 Å². The Morgan fingerprint density at radius 3 is 2.42 bits per heavy atom. The normalized spacial score (nSPS) is 19.5. The molecule has 2 aliphatic heterocycles. The van der Waals surface area contributed by atoms with E-state index < -0.39 is 0 Å². The molecule has 0 radical (unpaired) electrons. The van der Waals surface area contributed by atoms with Crippen molar-refractivity contribution in [3.63, 3.8) is 0 Å². The smallest absolute Gasteiger partial charge is 0.253 e. The molecule has 0 bridgehead atoms. The molecule has 0 spiro atoms. The Kier molecular flexibility index (Phi) is 7.66. The fourth-order valence-corrected chi connectivity index (χ4v) is 5.83. The maximum absolute atomic E-state index is 12.8. The summed E-state index contributed by atoms with van der Waals surface area (Å²) in [4.78, 5) is 36.6. The van der Waals surface area contributed by atoms with E-state index in [1.165, 1.54) is 0 Å². The van der Waals surface area contributed by atoms with Gasteiger partial charge in [0.25, 0.3) is 5.91 Å². The summed E-state index contributed by atoms with van der Waals surface area (Å²) in [5.41, 5.74) is 5.30. The number of amides is 2. The number of aromatic nitrogens is 1. The monoisotopic (exact) mass is 515 g/mol. The number of hydrogen-bond donors (Lipinski definition) is 0. The van der Waals surface area contributed by atoms with Gasteiger partial charge in [-0.2, -0.15) is 5.26 Å². The SMILES string of the molecule is COCCC(=O)N1CCN(c2nc(C3CC3)c(-c3ccc(C(=O)N4CCCC4)cc3)c(C)c2C#N)CC1C. The van der Waals surface area contributed by atoms with Gasteiger partial charge in [0.15, 0.2) is 0 Å². The zero-order valence-corrected chi connectivity index (χ0v) is 22.7. The van der Waals surface area contributed by atoms with Crippen LogP contribution in [-0.2, 0) is 9.53 Å². The molecule has 8 nitrogen and oxygen atoms in total. The number of likely N-dealkylation sites (tertiary alicyclic amines) is 1. The first-order valence-electron chi connectivity index (χ1n) is 13.8. The number of carbonyl (C=O) groups is 2. The number of hydrogen-bond acceptors (Lipinski definition) is 6. The lowest BCUT2D eigenvalue weighted by atomic mass is 9.92. The van der Waals surface area contributed by atoms with Crippen LogP contribution in [0.3, 0.4) is 0 Å². The summed E-state index contributed by atoms with van der Waals surface area (Å²) in [7, 11) is 1.61. The molecule has 1 atom stereocenters. The van der Waals surface area contributed by atoms with E-state index in [9.17, 15) is 14.9 Å². The molecule has 200 valence electrons. The van der Waals surface area contributed by atoms with Crippen LogP contribution in [0.5, 0.6) is 0 Å². The minimum Gasteiger partial charge on any atom is -0.384 e. The number of ether oxygens (including phenoxy) is 1. The first-order valence-corrected chi connectivity index (χ1v) is 13.8. The predicted molar refractivity (Wildman–Crippen MR) is 146 cm³/mol. The number of rotatable bonds is 7. The van der Waals surface area contributed by atoms with Crippen LogP contribution >= 0.6 is 0 Å². The third-order valence-corrected chi connectivity index (χ3v) is 8.11. The first kappa shape index (κ1) is 26.2. The number of methoxy groups -OCH3 is 1. The van der Waals surface area contributed by atoms with Gasteiger partial charge in [0.1, 0.15) is 11.9 Å². The highest BCUT2D eigenvalue weighted by Crippen LogP contribution is 2.46. The number of nitrogens with zero attached hydrogens (tertiary/aromatic N) is 5. The summed E-state index contributed by atoms with van der Waals surface area (Å²) >= 11 is 0. The van der Waals surface area contributed by atoms with Crippen LogP contribution in [0.15, 0.2) is 24.3 Å². The molecule has 3 heterocycles. The molecule has 0 N–H and O–H groups in total. The van der Waals surface area contributed by atoms with Crippen LogP contribution in [0, 0.1) is 18.3 Å². The van der Waals surface area contributed by atoms with Crippen LogP contribution in [0.25, 0.3) is 11.1 Å². The van der Waals surface area contributed by atoms with Gasteiger partial charge in [-0.1, -0.05) is 12.1 Å². The minimum atomic E-state index is 0.0199. The van der Waals surface area contributed by atoms with Crippen molar-refractivity contribution in [1.82, 2.24) is 14.8 Å². The zero-order valence-electron chi connectivity index (χ0n) is 22.7. The van der Waals surface area contributed by atoms with Crippen LogP contribution in [0.1, 0.15) is 72.1 Å². The Balaban J connectivity index is 1.44. The molecule has 1 unspecified atom stereocenters. The summed E-state index contributed by atoms with van der Waals surface area (Å²) in [6.45, 7) is 8.02. The highest BCUT2D eigenvalue weighted by Gasteiger charge is 2.34. The average Bonchev–Trinajstić information content (AvgIpc) is 3.63. The van der Waals surface area contributed by atoms with Crippen LogP contribution in [0.2, 0.25) is 0 Å². The number of anilines is 1. The molecule has 1 aromatic heterocycles. The molecule has 3 aliphatic rings. The van der Waals surface area contributed by atoms with E-state index in [0.29, 0.717) is 49.7 Å². The number of benzene rings is 1. The van der Waals surface area contributed by atoms with Crippen LogP contribution < -0.4 is 4.90 Å². The van der Waals surface area contributed by atoms with Crippen molar-refractivity contribution in [2.24, 2.45) is 0 Å². The predicted octanol–water partition coefficient (Wildman–Crippen LogP) is 4.12. The number of piperazine rings is 1. The standard InChI is InChI=1S/C30H37N5O3/c1-20-19-34(15-16-35(20)26(36)12-17-38-3)29-25(18-31)21(2)27(28(32-29)23-8-9-23)22-6-10-24(11-7-22)30(37)33-13-4-5-14-33/h6-7,10-11,20,23H,4-5,8-9,12-17,19H2,1-3H3. The van der Waals surface area contributed by atoms with Gasteiger partial charge in [-0.3, -0.25) is 9.59 Å². The largest absolute Gasteiger partial charge is 0.384 e. The molecule has 3 fully saturated rings. The molecule has 1 saturated carbocycles. The van der Waals surface area contributed by atoms with Gasteiger partial charge < -0.3 is 19.4 Å². The maximum atomic E-state index is 12.8. The molecule has 8 heteroatoms. The lowest BCUT2D eigenvalue weighted by Gasteiger charge is -2.41. The van der Waals surface area contributed by atoms with Gasteiger partial charge in [0.05, 0.1) is 24.3 Å². The Morgan fingerprint density at radius 1 is 1.11 bits per heavy atom. The minimum absolute atomic E-state index is 0.0199. The lowest BCUT2D eigenvalue weighted by Crippen LogP contribution is -2.54. The van der Waals surface area contributed by atoms with Gasteiger partial charge >= 0.3 is 0 Å². The second-order valence-corrected chi connectivity index (χ2v) is 10.8. The zero-order chi connectivity index (χ0) is 26.8. The topological polar surface area (TPSA) is 89.8 Å². The van der Waals surface area contributed by atoms with Gasteiger partial charge in [0.2, 0.25) is 5.91 Å². The van der Waals surface area contributed by atoms with Gasteiger partial charge in [0, 0.05) is 62.9 Å². The summed E-state index contributed by atoms with van der Waals surface area (Å²) in [5.74, 6) is 1.31. The molecule has 38 heavy (non-hydrogen) atoms.